The normalized spacial score (nSPS) is 9.86. The number of Topliss-reactive ketones (excluding diaryl/α,β-unsaturated/α-hetero) is 2. The lowest BCUT2D eigenvalue weighted by Gasteiger charge is -1.99. The van der Waals surface area contributed by atoms with Crippen LogP contribution in [0.25, 0.3) is 0 Å². The number of carbonyl (C=O) groups is 2. The van der Waals surface area contributed by atoms with Crippen LogP contribution < -0.4 is 0 Å². The molecule has 0 bridgehead atoms. The molecule has 2 nitrogen and oxygen atoms in total. The number of halogens is 2. The smallest absolute Gasteiger partial charge is 0.173 e. The maximum absolute atomic E-state index is 11.2. The zero-order valence-corrected chi connectivity index (χ0v) is 10.5. The third-order valence-electron chi connectivity index (χ3n) is 1.77. The van der Waals surface area contributed by atoms with E-state index in [0.717, 1.165) is 0 Å². The van der Waals surface area contributed by atoms with Crippen LogP contribution in [0.5, 0.6) is 0 Å². The molecular weight excluding hydrogens is 312 g/mol. The first kappa shape index (κ1) is 11.6. The Kier molecular flexibility index (Phi) is 4.48. The number of rotatable bonds is 4. The van der Waals surface area contributed by atoms with Crippen LogP contribution in [-0.2, 0) is 0 Å². The molecule has 0 aliphatic rings. The number of hydrogen-bond acceptors (Lipinski definition) is 2. The fourth-order valence-electron chi connectivity index (χ4n) is 0.996. The zero-order valence-electron chi connectivity index (χ0n) is 7.30. The van der Waals surface area contributed by atoms with E-state index in [1.54, 1.807) is 24.3 Å². The molecule has 0 aliphatic heterocycles. The molecule has 0 heterocycles. The van der Waals surface area contributed by atoms with E-state index in [2.05, 4.69) is 31.9 Å². The lowest BCUT2D eigenvalue weighted by atomic mass is 10.1. The lowest BCUT2D eigenvalue weighted by Crippen LogP contribution is -2.03. The van der Waals surface area contributed by atoms with Gasteiger partial charge in [-0.3, -0.25) is 9.59 Å². The highest BCUT2D eigenvalue weighted by atomic mass is 79.9. The Morgan fingerprint density at radius 2 is 1.14 bits per heavy atom. The zero-order chi connectivity index (χ0) is 10.6. The van der Waals surface area contributed by atoms with Crippen LogP contribution in [0.15, 0.2) is 24.3 Å². The van der Waals surface area contributed by atoms with Crippen LogP contribution in [0, 0.1) is 0 Å². The SMILES string of the molecule is O=C(CBr)c1ccc(C(=O)CBr)cc1. The minimum absolute atomic E-state index is 0.0165. The summed E-state index contributed by atoms with van der Waals surface area (Å²) in [6.45, 7) is 0. The minimum Gasteiger partial charge on any atom is -0.293 e. The highest BCUT2D eigenvalue weighted by molar-refractivity contribution is 9.09. The molecule has 0 saturated heterocycles. The fraction of sp³-hybridized carbons (Fsp3) is 0.200. The Hall–Kier alpha value is -0.480. The van der Waals surface area contributed by atoms with Crippen molar-refractivity contribution >= 4 is 43.4 Å². The Morgan fingerprint density at radius 1 is 0.857 bits per heavy atom. The van der Waals surface area contributed by atoms with E-state index < -0.39 is 0 Å². The van der Waals surface area contributed by atoms with E-state index in [1.165, 1.54) is 0 Å². The largest absolute Gasteiger partial charge is 0.293 e. The molecule has 1 rings (SSSR count). The fourth-order valence-corrected chi connectivity index (χ4v) is 1.64. The average Bonchev–Trinajstić information content (AvgIpc) is 2.27. The van der Waals surface area contributed by atoms with Gasteiger partial charge in [-0.15, -0.1) is 0 Å². The molecule has 0 radical (unpaired) electrons. The first-order chi connectivity index (χ1) is 6.69. The highest BCUT2D eigenvalue weighted by Crippen LogP contribution is 2.08. The predicted octanol–water partition coefficient (Wildman–Crippen LogP) is 2.84. The third kappa shape index (κ3) is 2.75. The second-order valence-corrected chi connectivity index (χ2v) is 3.81. The van der Waals surface area contributed by atoms with Gasteiger partial charge >= 0.3 is 0 Å². The molecular formula is C10H8Br2O2. The summed E-state index contributed by atoms with van der Waals surface area (Å²) in [5.74, 6) is 0.0330. The van der Waals surface area contributed by atoms with E-state index in [1.807, 2.05) is 0 Å². The summed E-state index contributed by atoms with van der Waals surface area (Å²) in [4.78, 5) is 22.4. The molecule has 1 aromatic rings. The van der Waals surface area contributed by atoms with Crippen LogP contribution in [0.1, 0.15) is 20.7 Å². The summed E-state index contributed by atoms with van der Waals surface area (Å²) in [5.41, 5.74) is 1.24. The van der Waals surface area contributed by atoms with E-state index in [4.69, 9.17) is 0 Å². The molecule has 0 aromatic heterocycles. The van der Waals surface area contributed by atoms with Gasteiger partial charge in [0.15, 0.2) is 11.6 Å². The summed E-state index contributed by atoms with van der Waals surface area (Å²) in [7, 11) is 0. The topological polar surface area (TPSA) is 34.1 Å². The molecule has 0 N–H and O–H groups in total. The first-order valence-electron chi connectivity index (χ1n) is 3.97. The predicted molar refractivity (Wildman–Crippen MR) is 62.7 cm³/mol. The van der Waals surface area contributed by atoms with Crippen LogP contribution in [0.2, 0.25) is 0 Å². The van der Waals surface area contributed by atoms with E-state index >= 15 is 0 Å². The number of ketones is 2. The van der Waals surface area contributed by atoms with Crippen molar-refractivity contribution in [1.29, 1.82) is 0 Å². The summed E-state index contributed by atoms with van der Waals surface area (Å²) in [6, 6.07) is 6.66. The first-order valence-corrected chi connectivity index (χ1v) is 6.21. The van der Waals surface area contributed by atoms with Crippen molar-refractivity contribution in [3.05, 3.63) is 35.4 Å². The third-order valence-corrected chi connectivity index (χ3v) is 2.79. The Balaban J connectivity index is 2.89. The van der Waals surface area contributed by atoms with E-state index in [9.17, 15) is 9.59 Å². The van der Waals surface area contributed by atoms with Crippen LogP contribution in [-0.4, -0.2) is 22.2 Å². The molecule has 74 valence electrons. The number of hydrogen-bond donors (Lipinski definition) is 0. The summed E-state index contributed by atoms with van der Waals surface area (Å²) >= 11 is 6.18. The van der Waals surface area contributed by atoms with Crippen molar-refractivity contribution in [2.45, 2.75) is 0 Å². The lowest BCUT2D eigenvalue weighted by molar-refractivity contribution is 0.101. The van der Waals surface area contributed by atoms with Gasteiger partial charge in [-0.05, 0) is 0 Å². The second-order valence-electron chi connectivity index (χ2n) is 2.69. The quantitative estimate of drug-likeness (QED) is 0.631. The van der Waals surface area contributed by atoms with Gasteiger partial charge in [0.1, 0.15) is 0 Å². The maximum Gasteiger partial charge on any atom is 0.173 e. The highest BCUT2D eigenvalue weighted by Gasteiger charge is 2.06. The van der Waals surface area contributed by atoms with Gasteiger partial charge in [0.25, 0.3) is 0 Å². The van der Waals surface area contributed by atoms with Gasteiger partial charge in [-0.25, -0.2) is 0 Å². The van der Waals surface area contributed by atoms with E-state index in [0.29, 0.717) is 21.8 Å². The second kappa shape index (κ2) is 5.41. The monoisotopic (exact) mass is 318 g/mol. The van der Waals surface area contributed by atoms with Crippen molar-refractivity contribution in [3.63, 3.8) is 0 Å². The average molecular weight is 320 g/mol. The number of alkyl halides is 2. The molecule has 0 spiro atoms. The molecule has 0 fully saturated rings. The van der Waals surface area contributed by atoms with Gasteiger partial charge < -0.3 is 0 Å². The van der Waals surface area contributed by atoms with E-state index in [-0.39, 0.29) is 11.6 Å². The van der Waals surface area contributed by atoms with Gasteiger partial charge in [0.2, 0.25) is 0 Å². The molecule has 0 atom stereocenters. The van der Waals surface area contributed by atoms with Crippen molar-refractivity contribution in [2.75, 3.05) is 10.7 Å². The van der Waals surface area contributed by atoms with Crippen molar-refractivity contribution in [1.82, 2.24) is 0 Å². The molecule has 1 aromatic carbocycles. The minimum atomic E-state index is 0.0165. The molecule has 0 aliphatic carbocycles. The van der Waals surface area contributed by atoms with Gasteiger partial charge in [0, 0.05) is 11.1 Å². The Bertz CT molecular complexity index is 309. The van der Waals surface area contributed by atoms with Gasteiger partial charge in [-0.2, -0.15) is 0 Å². The molecule has 0 amide bonds. The Morgan fingerprint density at radius 3 is 1.36 bits per heavy atom. The van der Waals surface area contributed by atoms with Crippen molar-refractivity contribution in [2.24, 2.45) is 0 Å². The van der Waals surface area contributed by atoms with Crippen molar-refractivity contribution < 1.29 is 9.59 Å². The van der Waals surface area contributed by atoms with Crippen molar-refractivity contribution in [3.8, 4) is 0 Å². The molecule has 14 heavy (non-hydrogen) atoms. The number of carbonyl (C=O) groups excluding carboxylic acids is 2. The van der Waals surface area contributed by atoms with Crippen LogP contribution in [0.4, 0.5) is 0 Å². The number of benzene rings is 1. The molecule has 0 saturated carbocycles. The summed E-state index contributed by atoms with van der Waals surface area (Å²) in [6.07, 6.45) is 0. The molecule has 0 unspecified atom stereocenters. The van der Waals surface area contributed by atoms with Gasteiger partial charge in [-0.1, -0.05) is 56.1 Å². The van der Waals surface area contributed by atoms with Gasteiger partial charge in [0.05, 0.1) is 10.7 Å². The molecule has 4 heteroatoms. The summed E-state index contributed by atoms with van der Waals surface area (Å²) in [5, 5.41) is 0.609. The van der Waals surface area contributed by atoms with Crippen LogP contribution in [0.3, 0.4) is 0 Å². The maximum atomic E-state index is 11.2. The standard InChI is InChI=1S/C10H8Br2O2/c11-5-9(13)7-1-2-8(4-3-7)10(14)6-12/h1-4H,5-6H2. The Labute approximate surface area is 98.9 Å². The van der Waals surface area contributed by atoms with Crippen LogP contribution >= 0.6 is 31.9 Å². The summed E-state index contributed by atoms with van der Waals surface area (Å²) < 4.78 is 0.